The summed E-state index contributed by atoms with van der Waals surface area (Å²) in [6.45, 7) is 22.5. The maximum atomic E-state index is 6.29. The minimum atomic E-state index is 0.496. The van der Waals surface area contributed by atoms with Crippen LogP contribution in [0.15, 0.2) is 366 Å². The van der Waals surface area contributed by atoms with Gasteiger partial charge in [-0.05, 0) is 299 Å². The Morgan fingerprint density at radius 3 is 0.581 bits per heavy atom. The molecule has 0 radical (unpaired) electrons. The van der Waals surface area contributed by atoms with Crippen LogP contribution in [0.4, 0.5) is 0 Å². The minimum Gasteiger partial charge on any atom is -0.494 e. The summed E-state index contributed by atoms with van der Waals surface area (Å²) in [4.78, 5) is 0. The molecule has 21 aromatic rings. The third-order valence-corrected chi connectivity index (χ3v) is 22.0. The molecule has 624 valence electrons. The summed E-state index contributed by atoms with van der Waals surface area (Å²) in [5.41, 5.74) is 20.7. The van der Waals surface area contributed by atoms with E-state index in [0.29, 0.717) is 79.3 Å². The molecule has 0 spiro atoms. The summed E-state index contributed by atoms with van der Waals surface area (Å²) in [5, 5.41) is 4.34. The van der Waals surface area contributed by atoms with Crippen molar-refractivity contribution in [1.29, 1.82) is 0 Å². The predicted octanol–water partition coefficient (Wildman–Crippen LogP) is 27.8. The van der Waals surface area contributed by atoms with Gasteiger partial charge in [-0.25, -0.2) is 0 Å². The molecule has 0 N–H and O–H groups in total. The summed E-state index contributed by atoms with van der Waals surface area (Å²) in [6, 6.07) is 121. The molecule has 0 fully saturated rings. The lowest BCUT2D eigenvalue weighted by Crippen LogP contribution is -2.02. The van der Waals surface area contributed by atoms with Crippen LogP contribution in [-0.2, 0) is 45.4 Å². The van der Waals surface area contributed by atoms with Crippen molar-refractivity contribution < 1.29 is 37.9 Å². The van der Waals surface area contributed by atoms with Crippen molar-refractivity contribution in [3.63, 3.8) is 0 Å². The molecule has 12 heteroatoms. The largest absolute Gasteiger partial charge is 0.494 e. The second kappa shape index (κ2) is 44.2. The van der Waals surface area contributed by atoms with Gasteiger partial charge >= 0.3 is 0 Å². The van der Waals surface area contributed by atoms with E-state index >= 15 is 0 Å². The van der Waals surface area contributed by atoms with Gasteiger partial charge in [0.05, 0.1) is 52.9 Å². The smallest absolute Gasteiger partial charge is 0.119 e. The Kier molecular flexibility index (Phi) is 30.4. The number of aromatic nitrogens is 4. The van der Waals surface area contributed by atoms with Gasteiger partial charge in [-0.3, -0.25) is 0 Å². The summed E-state index contributed by atoms with van der Waals surface area (Å²) in [6.07, 6.45) is 14.4. The molecule has 0 aliphatic rings. The zero-order valence-electron chi connectivity index (χ0n) is 70.7. The van der Waals surface area contributed by atoms with Gasteiger partial charge in [-0.2, -0.15) is 0 Å². The van der Waals surface area contributed by atoms with Gasteiger partial charge in [0.15, 0.2) is 0 Å². The second-order valence-electron chi connectivity index (χ2n) is 30.8. The van der Waals surface area contributed by atoms with Gasteiger partial charge in [-0.15, -0.1) is 0 Å². The zero-order chi connectivity index (χ0) is 84.7. The Morgan fingerprint density at radius 1 is 0.194 bits per heavy atom. The van der Waals surface area contributed by atoms with Gasteiger partial charge in [0.1, 0.15) is 23.0 Å². The summed E-state index contributed by atoms with van der Waals surface area (Å²) >= 11 is 0. The highest BCUT2D eigenvalue weighted by atomic mass is 16.5. The maximum absolute atomic E-state index is 6.29. The van der Waals surface area contributed by atoms with E-state index in [1.807, 2.05) is 121 Å². The Balaban J connectivity index is 0.779. The molecule has 0 aliphatic carbocycles. The number of benzene rings is 14. The standard InChI is InChI=1S/C112H108N4O8/c1-5-85-31-63-109(64-32-85)121-75-13-9-71-117-81-89-23-47-97(48-24-89)113-101-55-39-93(40-56-101)94-41-59-103(60-42-94)115(99-51-27-91(28-52-99)83-119-73-11-15-77-123-111-67-35-87(7-3)36-68-111)107-21-18-22-108(80-107)116(100-53-29-92(30-54-100)84-120-74-12-16-78-124-112-69-37-88(8-4)38-70-112)104-61-45-96(46-62-104)95-43-57-102(58-44-95)114(106-20-17-19-105(113)79-106)98-49-25-90(26-50-98)82-118-72-10-14-76-122-110-65-33-86(6-2)34-66-110/h5-8,17-70,79-80H,1-4,9-16,71-78,81-84H2. The Bertz CT molecular complexity index is 5450. The number of ether oxygens (including phenoxy) is 8. The average Bonchev–Trinajstić information content (AvgIpc) is 0.779. The van der Waals surface area contributed by atoms with Crippen LogP contribution in [0.2, 0.25) is 0 Å². The van der Waals surface area contributed by atoms with Gasteiger partial charge < -0.3 is 56.2 Å². The van der Waals surface area contributed by atoms with Gasteiger partial charge in [0.2, 0.25) is 0 Å². The highest BCUT2D eigenvalue weighted by Crippen LogP contribution is 2.30. The number of hydrogen-bond donors (Lipinski definition) is 0. The van der Waals surface area contributed by atoms with Crippen molar-refractivity contribution in [3.05, 3.63) is 411 Å². The molecule has 0 aliphatic heterocycles. The molecule has 12 bridgehead atoms. The topological polar surface area (TPSA) is 93.6 Å². The lowest BCUT2D eigenvalue weighted by Gasteiger charge is -2.15. The first-order valence-electron chi connectivity index (χ1n) is 43.2. The molecule has 0 amide bonds. The zero-order valence-corrected chi connectivity index (χ0v) is 70.7. The van der Waals surface area contributed by atoms with Crippen LogP contribution < -0.4 is 18.9 Å². The van der Waals surface area contributed by atoms with Crippen molar-refractivity contribution in [3.8, 4) is 45.7 Å². The number of nitrogens with zero attached hydrogens (tertiary/aromatic N) is 4. The van der Waals surface area contributed by atoms with E-state index in [0.717, 1.165) is 207 Å². The van der Waals surface area contributed by atoms with E-state index in [1.165, 1.54) is 0 Å². The van der Waals surface area contributed by atoms with E-state index in [9.17, 15) is 0 Å². The lowest BCUT2D eigenvalue weighted by atomic mass is 10.1. The minimum absolute atomic E-state index is 0.496. The van der Waals surface area contributed by atoms with E-state index in [1.54, 1.807) is 0 Å². The van der Waals surface area contributed by atoms with Crippen molar-refractivity contribution in [2.24, 2.45) is 0 Å². The van der Waals surface area contributed by atoms with Crippen LogP contribution >= 0.6 is 0 Å². The number of hydrogen-bond acceptors (Lipinski definition) is 8. The van der Waals surface area contributed by atoms with Crippen LogP contribution in [0.1, 0.15) is 95.9 Å². The van der Waals surface area contributed by atoms with Crippen LogP contribution in [0.3, 0.4) is 0 Å². The fourth-order valence-electron chi connectivity index (χ4n) is 15.1. The Labute approximate surface area is 728 Å². The molecule has 124 heavy (non-hydrogen) atoms. The van der Waals surface area contributed by atoms with Gasteiger partial charge in [0.25, 0.3) is 0 Å². The molecule has 0 saturated heterocycles. The number of rotatable bonds is 40. The second-order valence-corrected chi connectivity index (χ2v) is 30.8. The third-order valence-electron chi connectivity index (χ3n) is 22.0. The van der Waals surface area contributed by atoms with Crippen LogP contribution in [0, 0.1) is 0 Å². The molecule has 0 unspecified atom stereocenters. The fraction of sp³-hybridized carbons (Fsp3) is 0.179. The van der Waals surface area contributed by atoms with E-state index < -0.39 is 0 Å². The van der Waals surface area contributed by atoms with Crippen molar-refractivity contribution in [2.45, 2.75) is 77.8 Å². The molecule has 21 rings (SSSR count). The van der Waals surface area contributed by atoms with E-state index in [2.05, 4.69) is 287 Å². The molecule has 14 aromatic carbocycles. The van der Waals surface area contributed by atoms with Crippen LogP contribution in [0.5, 0.6) is 23.0 Å². The van der Waals surface area contributed by atoms with Crippen molar-refractivity contribution in [1.82, 2.24) is 18.3 Å². The molecule has 12 nitrogen and oxygen atoms in total. The summed E-state index contributed by atoms with van der Waals surface area (Å²) < 4.78 is 58.6. The fourth-order valence-corrected chi connectivity index (χ4v) is 15.1. The molecular weight excluding hydrogens is 1530 g/mol. The van der Waals surface area contributed by atoms with E-state index in [4.69, 9.17) is 37.9 Å². The van der Waals surface area contributed by atoms with Crippen LogP contribution in [0.25, 0.3) is 113 Å². The quantitative estimate of drug-likeness (QED) is 0.0351. The Morgan fingerprint density at radius 2 is 0.387 bits per heavy atom. The first-order valence-corrected chi connectivity index (χ1v) is 43.2. The molecule has 7 aromatic heterocycles. The van der Waals surface area contributed by atoms with Crippen molar-refractivity contribution >= 4 is 90.0 Å². The van der Waals surface area contributed by atoms with Gasteiger partial charge in [-0.1, -0.05) is 208 Å². The summed E-state index contributed by atoms with van der Waals surface area (Å²) in [7, 11) is 0. The normalized spacial score (nSPS) is 11.2. The Hall–Kier alpha value is -13.7. The summed E-state index contributed by atoms with van der Waals surface area (Å²) in [5.74, 6) is 3.44. The highest BCUT2D eigenvalue weighted by Gasteiger charge is 2.12. The lowest BCUT2D eigenvalue weighted by molar-refractivity contribution is 0.113. The van der Waals surface area contributed by atoms with Crippen molar-refractivity contribution in [2.75, 3.05) is 52.9 Å². The third kappa shape index (κ3) is 23.5. The molecule has 7 heterocycles. The highest BCUT2D eigenvalue weighted by molar-refractivity contribution is 5.87. The van der Waals surface area contributed by atoms with Crippen LogP contribution in [-0.4, -0.2) is 71.1 Å². The first-order chi connectivity index (χ1) is 61.3. The first kappa shape index (κ1) is 85.3. The molecule has 0 saturated carbocycles. The monoisotopic (exact) mass is 1640 g/mol. The maximum Gasteiger partial charge on any atom is 0.119 e. The molecular formula is C112H108N4O8. The average molecular weight is 1640 g/mol. The van der Waals surface area contributed by atoms with Gasteiger partial charge in [0, 0.05) is 93.3 Å². The SMILES string of the molecule is C=Cc1ccc(OCCCCOCc2ccc(-n3c4ccc(cc4)c4ccc(cc4)n(-c4ccc(COCCCCOc5ccc(C=C)cc5)cc4)c4cccc(c4)n(-c4ccc(COCCCCOc5ccc(C=C)cc5)cc4)c4ccc(cc4)c4ccc(cc4)n(-c4ccc(COCCCCOc5ccc(C=C)cc5)cc4)c4cccc3c4)cc2)cc1. The van der Waals surface area contributed by atoms with E-state index in [-0.39, 0.29) is 0 Å². The number of unbranched alkanes of at least 4 members (excludes halogenated alkanes) is 4. The molecule has 0 atom stereocenters. The predicted molar refractivity (Wildman–Crippen MR) is 514 cm³/mol.